The van der Waals surface area contributed by atoms with Crippen molar-refractivity contribution >= 4 is 54.8 Å². The standard InChI is InChI=1S/B2H2I2/c1-2(3)4/h1H2. The van der Waals surface area contributed by atoms with E-state index in [1.807, 2.05) is 0 Å². The third-order valence-electron chi connectivity index (χ3n) is 0. The van der Waals surface area contributed by atoms with Gasteiger partial charge in [0, 0.05) is 0 Å². The molecule has 0 amide bonds. The van der Waals surface area contributed by atoms with Gasteiger partial charge in [0.1, 0.15) is 7.74 Å². The summed E-state index contributed by atoms with van der Waals surface area (Å²) in [6.45, 7) is 0. The maximum absolute atomic E-state index is 2.33. The first kappa shape index (κ1) is 5.59. The molecular formula is H2B2I2. The Hall–Kier alpha value is 1.59. The highest BCUT2D eigenvalue weighted by atomic mass is 127. The third kappa shape index (κ3) is 9.53. The van der Waals surface area contributed by atoms with Crippen molar-refractivity contribution < 1.29 is 0 Å². The van der Waals surface area contributed by atoms with Crippen LogP contribution in [0.15, 0.2) is 0 Å². The van der Waals surface area contributed by atoms with Crippen LogP contribution in [0.4, 0.5) is 0 Å². The van der Waals surface area contributed by atoms with Crippen molar-refractivity contribution in [3.05, 3.63) is 0 Å². The van der Waals surface area contributed by atoms with Gasteiger partial charge in [-0.05, 0) is 0 Å². The Balaban J connectivity index is 2.32. The zero-order valence-corrected chi connectivity index (χ0v) is 6.65. The molecule has 0 aromatic rings. The minimum Gasteiger partial charge on any atom is -0.145 e. The molecule has 0 nitrogen and oxygen atoms in total. The highest BCUT2D eigenvalue weighted by molar-refractivity contribution is 14.3. The summed E-state index contributed by atoms with van der Waals surface area (Å²) >= 11 is 4.66. The van der Waals surface area contributed by atoms with E-state index in [1.165, 1.54) is 0 Å². The molecule has 0 rings (SSSR count). The summed E-state index contributed by atoms with van der Waals surface area (Å²) in [5.74, 6) is 0. The maximum atomic E-state index is 2.33. The quantitative estimate of drug-likeness (QED) is 0.446. The van der Waals surface area contributed by atoms with Gasteiger partial charge in [-0.15, -0.1) is 44.7 Å². The molecule has 0 saturated carbocycles. The first-order valence-electron chi connectivity index (χ1n) is 1.01. The summed E-state index contributed by atoms with van der Waals surface area (Å²) in [4.78, 5) is 0. The molecule has 0 spiro atoms. The van der Waals surface area contributed by atoms with Crippen molar-refractivity contribution in [3.63, 3.8) is 0 Å². The Bertz CT molecular complexity index is 8.75. The normalized spacial score (nSPS) is 6.50. The van der Waals surface area contributed by atoms with Gasteiger partial charge in [0.2, 0.25) is 2.32 Å². The van der Waals surface area contributed by atoms with Crippen LogP contribution in [-0.2, 0) is 0 Å². The van der Waals surface area contributed by atoms with Gasteiger partial charge in [-0.25, -0.2) is 0 Å². The third-order valence-corrected chi connectivity index (χ3v) is 0. The van der Waals surface area contributed by atoms with E-state index >= 15 is 0 Å². The first-order valence-corrected chi connectivity index (χ1v) is 3.51. The van der Waals surface area contributed by atoms with Crippen LogP contribution >= 0.6 is 44.7 Å². The van der Waals surface area contributed by atoms with Crippen LogP contribution in [0.1, 0.15) is 0 Å². The van der Waals surface area contributed by atoms with Crippen molar-refractivity contribution in [3.8, 4) is 0 Å². The molecule has 0 aliphatic carbocycles. The molecule has 0 bridgehead atoms. The van der Waals surface area contributed by atoms with E-state index in [2.05, 4.69) is 52.5 Å². The summed E-state index contributed by atoms with van der Waals surface area (Å²) in [7, 11) is 2.14. The summed E-state index contributed by atoms with van der Waals surface area (Å²) in [6, 6.07) is 0. The van der Waals surface area contributed by atoms with Gasteiger partial charge >= 0.3 is 0 Å². The lowest BCUT2D eigenvalue weighted by atomic mass is 9.80. The fourth-order valence-electron chi connectivity index (χ4n) is 0. The van der Waals surface area contributed by atoms with Gasteiger partial charge in [-0.3, -0.25) is 0 Å². The van der Waals surface area contributed by atoms with E-state index in [4.69, 9.17) is 0 Å². The average Bonchev–Trinajstić information content (AvgIpc) is 0.811. The Morgan fingerprint density at radius 3 is 1.50 bits per heavy atom. The van der Waals surface area contributed by atoms with E-state index in [0.29, 0.717) is 0 Å². The van der Waals surface area contributed by atoms with E-state index in [-0.39, 0.29) is 0 Å². The highest BCUT2D eigenvalue weighted by Crippen LogP contribution is 1.94. The Morgan fingerprint density at radius 2 is 1.50 bits per heavy atom. The summed E-state index contributed by atoms with van der Waals surface area (Å²) in [6.07, 6.45) is 0. The average molecular weight is 277 g/mol. The molecule has 0 atom stereocenters. The van der Waals surface area contributed by atoms with Gasteiger partial charge < -0.3 is 0 Å². The molecule has 22 valence electrons. The highest BCUT2D eigenvalue weighted by Gasteiger charge is 1.84. The van der Waals surface area contributed by atoms with Crippen LogP contribution in [0.2, 0.25) is 0 Å². The topological polar surface area (TPSA) is 0 Å². The molecule has 4 heteroatoms. The molecular weight excluding hydrogens is 275 g/mol. The Morgan fingerprint density at radius 1 is 1.50 bits per heavy atom. The number of hydrogen-bond donors (Lipinski definition) is 0. The van der Waals surface area contributed by atoms with E-state index in [1.54, 1.807) is 0 Å². The number of rotatable bonds is 0. The van der Waals surface area contributed by atoms with Crippen molar-refractivity contribution in [1.82, 2.24) is 0 Å². The molecule has 0 aromatic carbocycles. The molecule has 0 unspecified atom stereocenters. The second-order valence-corrected chi connectivity index (χ2v) is 6.64. The second kappa shape index (κ2) is 2.81. The summed E-state index contributed by atoms with van der Waals surface area (Å²) < 4.78 is 0.773. The minimum atomic E-state index is 0.773. The van der Waals surface area contributed by atoms with Gasteiger partial charge in [-0.1, -0.05) is 0 Å². The van der Waals surface area contributed by atoms with Gasteiger partial charge in [0.05, 0.1) is 0 Å². The molecule has 0 fully saturated rings. The van der Waals surface area contributed by atoms with Crippen LogP contribution in [-0.4, -0.2) is 10.1 Å². The van der Waals surface area contributed by atoms with Crippen LogP contribution in [0.25, 0.3) is 0 Å². The maximum Gasteiger partial charge on any atom is 0.248 e. The van der Waals surface area contributed by atoms with Crippen LogP contribution in [0.5, 0.6) is 0 Å². The lowest BCUT2D eigenvalue weighted by Gasteiger charge is -1.65. The van der Waals surface area contributed by atoms with E-state index < -0.39 is 0 Å². The summed E-state index contributed by atoms with van der Waals surface area (Å²) in [5, 5.41) is 0. The molecule has 0 radical (unpaired) electrons. The summed E-state index contributed by atoms with van der Waals surface area (Å²) in [5.41, 5.74) is 0. The molecule has 0 heterocycles. The lowest BCUT2D eigenvalue weighted by molar-refractivity contribution is 4.64. The fourth-order valence-corrected chi connectivity index (χ4v) is 0. The Kier molecular flexibility index (Phi) is 3.92. The molecule has 0 aromatic heterocycles. The van der Waals surface area contributed by atoms with Gasteiger partial charge in [0.25, 0.3) is 0 Å². The molecule has 0 saturated heterocycles. The van der Waals surface area contributed by atoms with Crippen LogP contribution in [0.3, 0.4) is 0 Å². The van der Waals surface area contributed by atoms with E-state index in [9.17, 15) is 0 Å². The minimum absolute atomic E-state index is 0.773. The van der Waals surface area contributed by atoms with Gasteiger partial charge in [0.15, 0.2) is 0 Å². The smallest absolute Gasteiger partial charge is 0.145 e. The van der Waals surface area contributed by atoms with Crippen molar-refractivity contribution in [1.29, 1.82) is 0 Å². The molecule has 0 aliphatic rings. The fraction of sp³-hybridized carbons (Fsp3) is 0. The molecule has 0 aliphatic heterocycles. The van der Waals surface area contributed by atoms with E-state index in [0.717, 1.165) is 2.32 Å². The zero-order valence-electron chi connectivity index (χ0n) is 2.33. The predicted octanol–water partition coefficient (Wildman–Crippen LogP) is 0.474. The van der Waals surface area contributed by atoms with Crippen molar-refractivity contribution in [2.45, 2.75) is 0 Å². The largest absolute Gasteiger partial charge is 0.248 e. The van der Waals surface area contributed by atoms with Crippen LogP contribution < -0.4 is 0 Å². The predicted molar refractivity (Wildman–Crippen MR) is 42.3 cm³/mol. The van der Waals surface area contributed by atoms with Crippen LogP contribution in [0, 0.1) is 0 Å². The van der Waals surface area contributed by atoms with Crippen molar-refractivity contribution in [2.24, 2.45) is 0 Å². The van der Waals surface area contributed by atoms with Gasteiger partial charge in [-0.2, -0.15) is 0 Å². The Labute approximate surface area is 54.3 Å². The molecule has 4 heavy (non-hydrogen) atoms. The van der Waals surface area contributed by atoms with Crippen molar-refractivity contribution in [2.75, 3.05) is 0 Å². The monoisotopic (exact) mass is 278 g/mol. The first-order chi connectivity index (χ1) is 1.73. The second-order valence-electron chi connectivity index (χ2n) is 0.519. The zero-order chi connectivity index (χ0) is 3.58. The number of hydrogen-bond acceptors (Lipinski definition) is 0. The number of halogens is 2. The SMILES string of the molecule is BB(I)I. The lowest BCUT2D eigenvalue weighted by Crippen LogP contribution is -1.82. The molecule has 0 N–H and O–H groups in total.